The number of aromatic amines is 1. The molecule has 0 aliphatic carbocycles. The summed E-state index contributed by atoms with van der Waals surface area (Å²) >= 11 is 0. The molecule has 0 aromatic carbocycles. The number of nitrogens with two attached hydrogens (primary N) is 2. The van der Waals surface area contributed by atoms with Gasteiger partial charge in [0, 0.05) is 13.0 Å². The number of H-pyrrole nitrogens is 1. The lowest BCUT2D eigenvalue weighted by Crippen LogP contribution is -2.46. The van der Waals surface area contributed by atoms with Crippen LogP contribution in [0.2, 0.25) is 0 Å². The Morgan fingerprint density at radius 3 is 2.79 bits per heavy atom. The van der Waals surface area contributed by atoms with Crippen LogP contribution in [0.1, 0.15) is 19.1 Å². The van der Waals surface area contributed by atoms with Gasteiger partial charge in [-0.25, -0.2) is 4.98 Å². The zero-order valence-corrected chi connectivity index (χ0v) is 15.1. The Bertz CT molecular complexity index is 974. The van der Waals surface area contributed by atoms with E-state index in [1.165, 1.54) is 10.9 Å². The number of carbonyl (C=O) groups is 2. The second-order valence-corrected chi connectivity index (χ2v) is 6.61. The highest BCUT2D eigenvalue weighted by Gasteiger charge is 2.44. The van der Waals surface area contributed by atoms with Gasteiger partial charge in [0.25, 0.3) is 5.56 Å². The minimum atomic E-state index is -1.41. The number of ether oxygens (including phenoxy) is 1. The molecule has 29 heavy (non-hydrogen) atoms. The van der Waals surface area contributed by atoms with Crippen molar-refractivity contribution in [2.24, 2.45) is 5.73 Å². The highest BCUT2D eigenvalue weighted by molar-refractivity contribution is 5.82. The summed E-state index contributed by atoms with van der Waals surface area (Å²) in [5.74, 6) is -1.85. The van der Waals surface area contributed by atoms with E-state index in [2.05, 4.69) is 20.3 Å². The molecule has 1 fully saturated rings. The smallest absolute Gasteiger partial charge is 0.303 e. The Hall–Kier alpha value is -3.07. The van der Waals surface area contributed by atoms with E-state index in [1.807, 2.05) is 0 Å². The van der Waals surface area contributed by atoms with E-state index in [-0.39, 0.29) is 36.5 Å². The third kappa shape index (κ3) is 4.19. The van der Waals surface area contributed by atoms with Crippen LogP contribution < -0.4 is 22.3 Å². The van der Waals surface area contributed by atoms with E-state index in [0.717, 1.165) is 0 Å². The number of hydrogen-bond acceptors (Lipinski definition) is 10. The summed E-state index contributed by atoms with van der Waals surface area (Å²) in [6.07, 6.45) is -4.00. The molecule has 3 heterocycles. The van der Waals surface area contributed by atoms with Crippen LogP contribution in [0.25, 0.3) is 11.2 Å². The molecule has 14 nitrogen and oxygen atoms in total. The lowest BCUT2D eigenvalue weighted by Gasteiger charge is -2.17. The molecule has 3 rings (SSSR count). The number of carbonyl (C=O) groups excluding carboxylic acids is 1. The number of nitrogen functional groups attached to an aromatic ring is 1. The van der Waals surface area contributed by atoms with Gasteiger partial charge in [0.15, 0.2) is 17.4 Å². The molecule has 1 unspecified atom stereocenters. The number of amides is 1. The fourth-order valence-corrected chi connectivity index (χ4v) is 3.00. The molecule has 2 aromatic rings. The van der Waals surface area contributed by atoms with Crippen molar-refractivity contribution in [3.8, 4) is 0 Å². The van der Waals surface area contributed by atoms with Crippen molar-refractivity contribution in [3.63, 3.8) is 0 Å². The number of imidazole rings is 1. The topological polar surface area (TPSA) is 232 Å². The molecule has 14 heteroatoms. The molecule has 0 spiro atoms. The first kappa shape index (κ1) is 20.7. The van der Waals surface area contributed by atoms with Crippen LogP contribution in [-0.4, -0.2) is 77.6 Å². The van der Waals surface area contributed by atoms with Gasteiger partial charge in [-0.1, -0.05) is 0 Å². The highest BCUT2D eigenvalue weighted by Crippen LogP contribution is 2.30. The zero-order valence-electron chi connectivity index (χ0n) is 15.1. The number of aliphatic carboxylic acids is 1. The van der Waals surface area contributed by atoms with E-state index >= 15 is 0 Å². The fraction of sp³-hybridized carbons (Fsp3) is 0.533. The largest absolute Gasteiger partial charge is 0.481 e. The molecule has 9 N–H and O–H groups in total. The Labute approximate surface area is 162 Å². The number of fused-ring (bicyclic) bond motifs is 1. The van der Waals surface area contributed by atoms with Crippen molar-refractivity contribution in [1.82, 2.24) is 24.8 Å². The fourth-order valence-electron chi connectivity index (χ4n) is 3.00. The number of aromatic nitrogens is 4. The van der Waals surface area contributed by atoms with Gasteiger partial charge in [-0.15, -0.1) is 0 Å². The summed E-state index contributed by atoms with van der Waals surface area (Å²) in [6.45, 7) is -0.183. The maximum absolute atomic E-state index is 12.0. The predicted molar refractivity (Wildman–Crippen MR) is 96.3 cm³/mol. The normalized spacial score (nSPS) is 25.2. The Morgan fingerprint density at radius 1 is 1.38 bits per heavy atom. The van der Waals surface area contributed by atoms with Crippen molar-refractivity contribution < 1.29 is 29.6 Å². The van der Waals surface area contributed by atoms with Gasteiger partial charge in [0.2, 0.25) is 11.9 Å². The molecule has 0 saturated carbocycles. The van der Waals surface area contributed by atoms with Gasteiger partial charge in [0.1, 0.15) is 18.3 Å². The quantitative estimate of drug-likeness (QED) is 0.237. The number of anilines is 1. The molecule has 5 atom stereocenters. The van der Waals surface area contributed by atoms with Gasteiger partial charge < -0.3 is 36.8 Å². The maximum Gasteiger partial charge on any atom is 0.303 e. The number of aliphatic hydroxyl groups excluding tert-OH is 2. The molecule has 0 radical (unpaired) electrons. The number of aliphatic hydroxyl groups is 2. The number of nitrogens with one attached hydrogen (secondary N) is 2. The summed E-state index contributed by atoms with van der Waals surface area (Å²) in [4.78, 5) is 44.6. The monoisotopic (exact) mass is 411 g/mol. The van der Waals surface area contributed by atoms with E-state index < -0.39 is 48.0 Å². The van der Waals surface area contributed by atoms with Crippen LogP contribution in [0.5, 0.6) is 0 Å². The summed E-state index contributed by atoms with van der Waals surface area (Å²) in [5, 5.41) is 31.7. The van der Waals surface area contributed by atoms with E-state index in [0.29, 0.717) is 0 Å². The van der Waals surface area contributed by atoms with Crippen LogP contribution in [0, 0.1) is 0 Å². The lowest BCUT2D eigenvalue weighted by molar-refractivity contribution is -0.137. The second kappa shape index (κ2) is 8.12. The van der Waals surface area contributed by atoms with Crippen molar-refractivity contribution in [3.05, 3.63) is 16.7 Å². The third-order valence-electron chi connectivity index (χ3n) is 4.55. The minimum Gasteiger partial charge on any atom is -0.481 e. The van der Waals surface area contributed by atoms with Gasteiger partial charge in [-0.2, -0.15) is 4.98 Å². The van der Waals surface area contributed by atoms with Gasteiger partial charge in [0.05, 0.1) is 12.4 Å². The predicted octanol–water partition coefficient (Wildman–Crippen LogP) is -3.37. The Morgan fingerprint density at radius 2 is 2.10 bits per heavy atom. The zero-order chi connectivity index (χ0) is 21.3. The number of hydrogen-bond donors (Lipinski definition) is 7. The first-order valence-corrected chi connectivity index (χ1v) is 8.68. The number of nitrogens with zero attached hydrogens (tertiary/aromatic N) is 3. The van der Waals surface area contributed by atoms with Crippen LogP contribution in [0.15, 0.2) is 11.1 Å². The summed E-state index contributed by atoms with van der Waals surface area (Å²) in [5.41, 5.74) is 10.6. The first-order chi connectivity index (χ1) is 13.7. The Balaban J connectivity index is 1.69. The number of rotatable bonds is 7. The van der Waals surface area contributed by atoms with Crippen molar-refractivity contribution in [2.75, 3.05) is 12.3 Å². The molecule has 1 amide bonds. The molecule has 2 aromatic heterocycles. The summed E-state index contributed by atoms with van der Waals surface area (Å²) in [6, 6.07) is -1.04. The van der Waals surface area contributed by atoms with Crippen LogP contribution in [0.3, 0.4) is 0 Å². The van der Waals surface area contributed by atoms with Crippen molar-refractivity contribution in [1.29, 1.82) is 0 Å². The molecular weight excluding hydrogens is 390 g/mol. The second-order valence-electron chi connectivity index (χ2n) is 6.61. The number of carboxylic acid groups (broad SMARTS) is 1. The average molecular weight is 411 g/mol. The first-order valence-electron chi connectivity index (χ1n) is 8.68. The highest BCUT2D eigenvalue weighted by atomic mass is 16.6. The molecule has 1 saturated heterocycles. The molecule has 1 aliphatic heterocycles. The molecular formula is C15H21N7O7. The van der Waals surface area contributed by atoms with E-state index in [4.69, 9.17) is 21.3 Å². The number of carboxylic acids is 1. The third-order valence-corrected chi connectivity index (χ3v) is 4.55. The van der Waals surface area contributed by atoms with Crippen LogP contribution >= 0.6 is 0 Å². The van der Waals surface area contributed by atoms with Crippen molar-refractivity contribution >= 4 is 29.0 Å². The average Bonchev–Trinajstić information content (AvgIpc) is 3.19. The molecule has 158 valence electrons. The van der Waals surface area contributed by atoms with E-state index in [1.54, 1.807) is 0 Å². The Kier molecular flexibility index (Phi) is 5.78. The maximum atomic E-state index is 12.0. The SMILES string of the molecule is Nc1nc2c(ncn2[C@@H]2O[C@H](CNC(=O)C(N)CCC(=O)O)[C@@H](O)[C@H]2O)c(=O)[nH]1. The summed E-state index contributed by atoms with van der Waals surface area (Å²) in [7, 11) is 0. The van der Waals surface area contributed by atoms with Crippen molar-refractivity contribution in [2.45, 2.75) is 43.4 Å². The van der Waals surface area contributed by atoms with E-state index in [9.17, 15) is 24.6 Å². The molecule has 0 bridgehead atoms. The van der Waals surface area contributed by atoms with Crippen LogP contribution in [0.4, 0.5) is 5.95 Å². The van der Waals surface area contributed by atoms with Crippen LogP contribution in [-0.2, 0) is 14.3 Å². The van der Waals surface area contributed by atoms with Gasteiger partial charge in [-0.05, 0) is 6.42 Å². The van der Waals surface area contributed by atoms with Gasteiger partial charge >= 0.3 is 5.97 Å². The lowest BCUT2D eigenvalue weighted by atomic mass is 10.1. The minimum absolute atomic E-state index is 0.0225. The summed E-state index contributed by atoms with van der Waals surface area (Å²) < 4.78 is 6.89. The standard InChI is InChI=1S/C15H21N7O7/c16-5(1-2-7(23)24)12(27)18-3-6-9(25)10(26)14(29-6)22-4-19-8-11(22)20-15(17)21-13(8)28/h4-6,9-10,14,25-26H,1-3,16H2,(H,18,27)(H,23,24)(H3,17,20,21,28)/t5?,6-,9-,10-,14-/m1/s1. The molecule has 1 aliphatic rings. The van der Waals surface area contributed by atoms with Gasteiger partial charge in [-0.3, -0.25) is 23.9 Å².